The molecule has 1 unspecified atom stereocenters. The van der Waals surface area contributed by atoms with Gasteiger partial charge in [0, 0.05) is 48.0 Å². The van der Waals surface area contributed by atoms with Crippen LogP contribution >= 0.6 is 11.6 Å². The highest BCUT2D eigenvalue weighted by Gasteiger charge is 2.40. The number of nitrogens with two attached hydrogens (primary N) is 1. The summed E-state index contributed by atoms with van der Waals surface area (Å²) in [4.78, 5) is 24.0. The van der Waals surface area contributed by atoms with Gasteiger partial charge in [0.1, 0.15) is 17.2 Å². The first kappa shape index (κ1) is 30.2. The Balaban J connectivity index is 1.79. The van der Waals surface area contributed by atoms with Gasteiger partial charge in [0.25, 0.3) is 0 Å². The summed E-state index contributed by atoms with van der Waals surface area (Å²) in [5.74, 6) is -0.233. The Labute approximate surface area is 242 Å². The van der Waals surface area contributed by atoms with Crippen molar-refractivity contribution in [2.75, 3.05) is 23.8 Å². The number of nitrogen functional groups attached to an aromatic ring is 1. The molecule has 7 nitrogen and oxygen atoms in total. The fraction of sp³-hybridized carbons (Fsp3) is 0.500. The lowest BCUT2D eigenvalue weighted by Gasteiger charge is -2.40. The van der Waals surface area contributed by atoms with Crippen molar-refractivity contribution in [1.82, 2.24) is 9.97 Å². The number of carbonyl (C=O) groups is 1. The molecule has 1 atom stereocenters. The monoisotopic (exact) mass is 586 g/mol. The van der Waals surface area contributed by atoms with Crippen LogP contribution in [0.25, 0.3) is 21.9 Å². The van der Waals surface area contributed by atoms with Crippen molar-refractivity contribution in [3.63, 3.8) is 0 Å². The van der Waals surface area contributed by atoms with Crippen molar-refractivity contribution in [3.8, 4) is 11.1 Å². The van der Waals surface area contributed by atoms with Gasteiger partial charge in [-0.05, 0) is 75.3 Å². The number of hydrogen-bond donors (Lipinski definition) is 1. The molecule has 3 heterocycles. The molecule has 1 aliphatic rings. The summed E-state index contributed by atoms with van der Waals surface area (Å²) in [6, 6.07) is 3.35. The number of benzene rings is 1. The Kier molecular flexibility index (Phi) is 7.99. The summed E-state index contributed by atoms with van der Waals surface area (Å²) in [5.41, 5.74) is 8.13. The number of anilines is 2. The Morgan fingerprint density at radius 3 is 2.45 bits per heavy atom. The molecule has 216 valence electrons. The van der Waals surface area contributed by atoms with Gasteiger partial charge in [0.2, 0.25) is 0 Å². The molecule has 1 amide bonds. The second-order valence-electron chi connectivity index (χ2n) is 13.2. The predicted octanol–water partition coefficient (Wildman–Crippen LogP) is 7.92. The van der Waals surface area contributed by atoms with Crippen molar-refractivity contribution < 1.29 is 18.3 Å². The van der Waals surface area contributed by atoms with Gasteiger partial charge in [-0.15, -0.1) is 0 Å². The third-order valence-electron chi connectivity index (χ3n) is 7.89. The topological polar surface area (TPSA) is 90.6 Å². The van der Waals surface area contributed by atoms with Crippen LogP contribution in [0.1, 0.15) is 52.8 Å². The summed E-state index contributed by atoms with van der Waals surface area (Å²) < 4.78 is 28.0. The van der Waals surface area contributed by atoms with Crippen molar-refractivity contribution in [1.29, 1.82) is 0 Å². The van der Waals surface area contributed by atoms with Crippen molar-refractivity contribution in [2.45, 2.75) is 78.6 Å². The highest BCUT2D eigenvalue weighted by Crippen LogP contribution is 2.42. The second-order valence-corrected chi connectivity index (χ2v) is 18.4. The first-order valence-electron chi connectivity index (χ1n) is 13.6. The summed E-state index contributed by atoms with van der Waals surface area (Å²) >= 11 is 6.43. The summed E-state index contributed by atoms with van der Waals surface area (Å²) in [7, 11) is -1.99. The number of pyridine rings is 2. The highest BCUT2D eigenvalue weighted by molar-refractivity contribution is 6.74. The molecule has 0 aliphatic carbocycles. The van der Waals surface area contributed by atoms with Crippen molar-refractivity contribution in [3.05, 3.63) is 46.6 Å². The average Bonchev–Trinajstić information content (AvgIpc) is 2.83. The molecule has 0 bridgehead atoms. The Bertz CT molecular complexity index is 1470. The number of nitrogens with zero attached hydrogens (tertiary/aromatic N) is 3. The number of amides is 1. The largest absolute Gasteiger partial charge is 0.443 e. The van der Waals surface area contributed by atoms with E-state index >= 15 is 4.39 Å². The first-order valence-corrected chi connectivity index (χ1v) is 16.8. The maximum atomic E-state index is 15.6. The maximum absolute atomic E-state index is 15.6. The summed E-state index contributed by atoms with van der Waals surface area (Å²) in [6.45, 7) is 19.4. The molecule has 2 N–H and O–H groups in total. The van der Waals surface area contributed by atoms with Crippen LogP contribution in [0, 0.1) is 18.7 Å². The first-order chi connectivity index (χ1) is 18.4. The second kappa shape index (κ2) is 10.6. The van der Waals surface area contributed by atoms with E-state index in [1.807, 2.05) is 27.7 Å². The molecule has 4 rings (SSSR count). The van der Waals surface area contributed by atoms with E-state index in [9.17, 15) is 4.79 Å². The van der Waals surface area contributed by atoms with E-state index in [-0.39, 0.29) is 21.5 Å². The van der Waals surface area contributed by atoms with Crippen LogP contribution in [0.2, 0.25) is 23.2 Å². The third kappa shape index (κ3) is 5.97. The van der Waals surface area contributed by atoms with Crippen LogP contribution in [0.3, 0.4) is 0 Å². The van der Waals surface area contributed by atoms with E-state index in [4.69, 9.17) is 31.5 Å². The molecular formula is C30H40ClFN4O3Si. The lowest BCUT2D eigenvalue weighted by Crippen LogP contribution is -2.47. The van der Waals surface area contributed by atoms with Crippen molar-refractivity contribution in [2.24, 2.45) is 5.92 Å². The minimum absolute atomic E-state index is 0.0363. The SMILES string of the molecule is Cc1c(-c2cc3cc(N)ncc3c(Cl)c2F)cnc2c1N(C(=O)OC(C)(C)C)CC(CO[Si](C)(C)C(C)(C)C)C2. The van der Waals surface area contributed by atoms with Gasteiger partial charge in [0.05, 0.1) is 16.4 Å². The zero-order valence-corrected chi connectivity index (χ0v) is 26.7. The Morgan fingerprint density at radius 1 is 1.15 bits per heavy atom. The van der Waals surface area contributed by atoms with Gasteiger partial charge in [-0.25, -0.2) is 14.2 Å². The lowest BCUT2D eigenvalue weighted by molar-refractivity contribution is 0.0565. The molecule has 0 radical (unpaired) electrons. The zero-order valence-electron chi connectivity index (χ0n) is 24.9. The molecule has 1 aromatic carbocycles. The molecule has 1 aliphatic heterocycles. The standard InChI is InChI=1S/C30H40ClFN4O3Si/c1-17-21(20-11-19-12-24(33)35-14-22(19)25(31)26(20)32)13-34-23-10-18(16-38-40(8,9)30(5,6)7)15-36(27(17)23)28(37)39-29(2,3)4/h11-14,18H,10,15-16H2,1-9H3,(H2,33,35). The number of carbonyl (C=O) groups excluding carboxylic acids is 1. The maximum Gasteiger partial charge on any atom is 0.414 e. The number of halogens is 2. The number of aromatic nitrogens is 2. The van der Waals surface area contributed by atoms with E-state index < -0.39 is 25.8 Å². The van der Waals surface area contributed by atoms with Crippen LogP contribution in [0.4, 0.5) is 20.7 Å². The van der Waals surface area contributed by atoms with E-state index in [1.165, 1.54) is 6.20 Å². The molecule has 0 saturated carbocycles. The number of ether oxygens (including phenoxy) is 1. The van der Waals surface area contributed by atoms with E-state index in [1.54, 1.807) is 23.2 Å². The van der Waals surface area contributed by atoms with Gasteiger partial charge < -0.3 is 14.9 Å². The predicted molar refractivity (Wildman–Crippen MR) is 163 cm³/mol. The fourth-order valence-electron chi connectivity index (χ4n) is 4.69. The summed E-state index contributed by atoms with van der Waals surface area (Å²) in [5, 5.41) is 1.17. The smallest absolute Gasteiger partial charge is 0.414 e. The molecule has 2 aromatic heterocycles. The third-order valence-corrected chi connectivity index (χ3v) is 12.8. The van der Waals surface area contributed by atoms with Gasteiger partial charge >= 0.3 is 6.09 Å². The normalized spacial score (nSPS) is 16.3. The van der Waals surface area contributed by atoms with E-state index in [0.29, 0.717) is 47.4 Å². The molecule has 40 heavy (non-hydrogen) atoms. The van der Waals surface area contributed by atoms with Crippen LogP contribution in [-0.2, 0) is 15.6 Å². The Morgan fingerprint density at radius 2 is 1.82 bits per heavy atom. The van der Waals surface area contributed by atoms with Gasteiger partial charge in [-0.2, -0.15) is 0 Å². The minimum Gasteiger partial charge on any atom is -0.443 e. The van der Waals surface area contributed by atoms with Crippen molar-refractivity contribution >= 4 is 48.3 Å². The average molecular weight is 587 g/mol. The number of fused-ring (bicyclic) bond motifs is 2. The van der Waals surface area contributed by atoms with Gasteiger partial charge in [-0.3, -0.25) is 9.88 Å². The van der Waals surface area contributed by atoms with Gasteiger partial charge in [-0.1, -0.05) is 32.4 Å². The highest BCUT2D eigenvalue weighted by atomic mass is 35.5. The molecule has 0 spiro atoms. The van der Waals surface area contributed by atoms with Crippen LogP contribution in [0.5, 0.6) is 0 Å². The minimum atomic E-state index is -1.99. The quantitative estimate of drug-likeness (QED) is 0.312. The summed E-state index contributed by atoms with van der Waals surface area (Å²) in [6.07, 6.45) is 3.29. The number of hydrogen-bond acceptors (Lipinski definition) is 6. The van der Waals surface area contributed by atoms with Crippen LogP contribution < -0.4 is 10.6 Å². The molecular weight excluding hydrogens is 547 g/mol. The molecule has 0 saturated heterocycles. The zero-order chi connectivity index (χ0) is 29.8. The number of rotatable bonds is 4. The molecule has 3 aromatic rings. The molecule has 10 heteroatoms. The Hall–Kier alpha value is -2.75. The van der Waals surface area contributed by atoms with Crippen LogP contribution in [0.15, 0.2) is 24.5 Å². The van der Waals surface area contributed by atoms with E-state index in [2.05, 4.69) is 38.8 Å². The van der Waals surface area contributed by atoms with Gasteiger partial charge in [0.15, 0.2) is 8.32 Å². The van der Waals surface area contributed by atoms with E-state index in [0.717, 1.165) is 11.3 Å². The molecule has 0 fully saturated rings. The van der Waals surface area contributed by atoms with Crippen LogP contribution in [-0.4, -0.2) is 43.1 Å². The lowest BCUT2D eigenvalue weighted by atomic mass is 9.91. The fourth-order valence-corrected chi connectivity index (χ4v) is 6.04.